The summed E-state index contributed by atoms with van der Waals surface area (Å²) in [6.07, 6.45) is 5.12. The molecule has 0 N–H and O–H groups in total. The van der Waals surface area contributed by atoms with Crippen LogP contribution < -0.4 is 4.90 Å². The predicted molar refractivity (Wildman–Crippen MR) is 67.1 cm³/mol. The third-order valence-electron chi connectivity index (χ3n) is 2.59. The molecule has 0 radical (unpaired) electrons. The summed E-state index contributed by atoms with van der Waals surface area (Å²) < 4.78 is 5.26. The van der Waals surface area contributed by atoms with Gasteiger partial charge in [-0.25, -0.2) is 4.98 Å². The minimum Gasteiger partial charge on any atom is -0.469 e. The molecule has 0 aliphatic carbocycles. The second-order valence-electron chi connectivity index (χ2n) is 3.86. The van der Waals surface area contributed by atoms with Crippen LogP contribution in [0.3, 0.4) is 0 Å². The van der Waals surface area contributed by atoms with Gasteiger partial charge in [0.2, 0.25) is 0 Å². The van der Waals surface area contributed by atoms with Gasteiger partial charge in [0.05, 0.1) is 30.2 Å². The number of aryl methyl sites for hydroxylation is 1. The number of hydrogen-bond acceptors (Lipinski definition) is 4. The highest BCUT2D eigenvalue weighted by atomic mass is 35.5. The van der Waals surface area contributed by atoms with Gasteiger partial charge in [-0.3, -0.25) is 4.98 Å². The van der Waals surface area contributed by atoms with Crippen molar-refractivity contribution >= 4 is 17.4 Å². The van der Waals surface area contributed by atoms with Crippen LogP contribution in [-0.4, -0.2) is 17.0 Å². The molecule has 0 saturated heterocycles. The third kappa shape index (κ3) is 2.77. The Balaban J connectivity index is 2.09. The van der Waals surface area contributed by atoms with Crippen LogP contribution in [0.15, 0.2) is 29.1 Å². The van der Waals surface area contributed by atoms with Crippen molar-refractivity contribution in [2.24, 2.45) is 0 Å². The van der Waals surface area contributed by atoms with Gasteiger partial charge >= 0.3 is 0 Å². The molecule has 0 aliphatic rings. The third-order valence-corrected chi connectivity index (χ3v) is 2.87. The molecule has 4 nitrogen and oxygen atoms in total. The maximum Gasteiger partial charge on any atom is 0.147 e. The summed E-state index contributed by atoms with van der Waals surface area (Å²) in [6.45, 7) is 2.70. The average molecular weight is 252 g/mol. The fourth-order valence-corrected chi connectivity index (χ4v) is 1.66. The van der Waals surface area contributed by atoms with E-state index in [4.69, 9.17) is 16.0 Å². The second-order valence-corrected chi connectivity index (χ2v) is 4.12. The largest absolute Gasteiger partial charge is 0.469 e. The zero-order valence-corrected chi connectivity index (χ0v) is 10.6. The lowest BCUT2D eigenvalue weighted by atomic mass is 10.2. The van der Waals surface area contributed by atoms with Gasteiger partial charge in [0.1, 0.15) is 11.6 Å². The number of hydrogen-bond donors (Lipinski definition) is 0. The first-order valence-corrected chi connectivity index (χ1v) is 5.85. The number of nitrogens with zero attached hydrogens (tertiary/aromatic N) is 3. The molecule has 0 saturated carbocycles. The molecule has 2 rings (SSSR count). The van der Waals surface area contributed by atoms with Crippen LogP contribution in [0.5, 0.6) is 0 Å². The van der Waals surface area contributed by atoms with Crippen molar-refractivity contribution in [3.8, 4) is 0 Å². The van der Waals surface area contributed by atoms with Gasteiger partial charge in [-0.15, -0.1) is 11.6 Å². The first-order chi connectivity index (χ1) is 8.20. The first kappa shape index (κ1) is 11.9. The van der Waals surface area contributed by atoms with E-state index in [0.29, 0.717) is 5.88 Å². The fraction of sp³-hybridized carbons (Fsp3) is 0.333. The van der Waals surface area contributed by atoms with E-state index in [-0.39, 0.29) is 0 Å². The molecular weight excluding hydrogens is 238 g/mol. The molecule has 2 aromatic rings. The zero-order valence-electron chi connectivity index (χ0n) is 9.85. The Morgan fingerprint density at radius 1 is 1.35 bits per heavy atom. The Labute approximate surface area is 105 Å². The lowest BCUT2D eigenvalue weighted by Crippen LogP contribution is -2.18. The number of anilines is 1. The van der Waals surface area contributed by atoms with Gasteiger partial charge in [-0.1, -0.05) is 0 Å². The van der Waals surface area contributed by atoms with Crippen molar-refractivity contribution < 1.29 is 4.42 Å². The maximum atomic E-state index is 5.67. The normalized spacial score (nSPS) is 10.5. The minimum atomic E-state index is 0.387. The summed E-state index contributed by atoms with van der Waals surface area (Å²) in [6, 6.07) is 1.96. The molecule has 2 aromatic heterocycles. The Morgan fingerprint density at radius 3 is 2.71 bits per heavy atom. The summed E-state index contributed by atoms with van der Waals surface area (Å²) in [5, 5.41) is 0. The van der Waals surface area contributed by atoms with Gasteiger partial charge < -0.3 is 9.32 Å². The molecule has 90 valence electrons. The summed E-state index contributed by atoms with van der Waals surface area (Å²) in [7, 11) is 1.97. The van der Waals surface area contributed by atoms with Gasteiger partial charge in [0.15, 0.2) is 0 Å². The molecule has 5 heteroatoms. The molecule has 0 fully saturated rings. The summed E-state index contributed by atoms with van der Waals surface area (Å²) in [5.74, 6) is 2.14. The van der Waals surface area contributed by atoms with E-state index in [9.17, 15) is 0 Å². The summed E-state index contributed by atoms with van der Waals surface area (Å²) in [5.41, 5.74) is 1.93. The quantitative estimate of drug-likeness (QED) is 0.784. The fourth-order valence-electron chi connectivity index (χ4n) is 1.53. The standard InChI is InChI=1S/C12H14ClN3O/c1-9-10(3-4-17-9)8-16(2)12-7-14-11(5-13)6-15-12/h3-4,6-7H,5,8H2,1-2H3. The molecular formula is C12H14ClN3O. The first-order valence-electron chi connectivity index (χ1n) is 5.31. The smallest absolute Gasteiger partial charge is 0.147 e. The Kier molecular flexibility index (Phi) is 3.64. The lowest BCUT2D eigenvalue weighted by Gasteiger charge is -2.17. The molecule has 0 amide bonds. The number of aromatic nitrogens is 2. The van der Waals surface area contributed by atoms with Crippen LogP contribution >= 0.6 is 11.6 Å². The second kappa shape index (κ2) is 5.19. The number of alkyl halides is 1. The van der Waals surface area contributed by atoms with Gasteiger partial charge in [-0.2, -0.15) is 0 Å². The lowest BCUT2D eigenvalue weighted by molar-refractivity contribution is 0.529. The van der Waals surface area contributed by atoms with E-state index in [1.165, 1.54) is 0 Å². The van der Waals surface area contributed by atoms with Gasteiger partial charge in [-0.05, 0) is 13.0 Å². The summed E-state index contributed by atoms with van der Waals surface area (Å²) >= 11 is 5.67. The van der Waals surface area contributed by atoms with Gasteiger partial charge in [0.25, 0.3) is 0 Å². The molecule has 0 atom stereocenters. The maximum absolute atomic E-state index is 5.67. The van der Waals surface area contributed by atoms with Crippen molar-refractivity contribution in [1.82, 2.24) is 9.97 Å². The molecule has 0 aromatic carbocycles. The van der Waals surface area contributed by atoms with E-state index in [1.807, 2.05) is 24.9 Å². The van der Waals surface area contributed by atoms with Crippen LogP contribution in [0, 0.1) is 6.92 Å². The number of rotatable bonds is 4. The molecule has 2 heterocycles. The molecule has 17 heavy (non-hydrogen) atoms. The van der Waals surface area contributed by atoms with E-state index in [1.54, 1.807) is 18.7 Å². The molecule has 0 unspecified atom stereocenters. The van der Waals surface area contributed by atoms with Crippen LogP contribution in [0.1, 0.15) is 17.0 Å². The van der Waals surface area contributed by atoms with Crippen molar-refractivity contribution in [1.29, 1.82) is 0 Å². The number of halogens is 1. The van der Waals surface area contributed by atoms with Crippen molar-refractivity contribution in [2.75, 3.05) is 11.9 Å². The van der Waals surface area contributed by atoms with Crippen LogP contribution in [0.2, 0.25) is 0 Å². The number of furan rings is 1. The Morgan fingerprint density at radius 2 is 2.18 bits per heavy atom. The van der Waals surface area contributed by atoms with Crippen LogP contribution in [0.25, 0.3) is 0 Å². The monoisotopic (exact) mass is 251 g/mol. The average Bonchev–Trinajstić information content (AvgIpc) is 2.75. The Bertz CT molecular complexity index is 481. The Hall–Kier alpha value is -1.55. The summed E-state index contributed by atoms with van der Waals surface area (Å²) in [4.78, 5) is 10.5. The van der Waals surface area contributed by atoms with E-state index < -0.39 is 0 Å². The molecule has 0 spiro atoms. The highest BCUT2D eigenvalue weighted by Crippen LogP contribution is 2.15. The van der Waals surface area contributed by atoms with Crippen LogP contribution in [0.4, 0.5) is 5.82 Å². The minimum absolute atomic E-state index is 0.387. The van der Waals surface area contributed by atoms with Crippen molar-refractivity contribution in [3.05, 3.63) is 41.7 Å². The van der Waals surface area contributed by atoms with Crippen molar-refractivity contribution in [2.45, 2.75) is 19.3 Å². The van der Waals surface area contributed by atoms with Crippen LogP contribution in [-0.2, 0) is 12.4 Å². The van der Waals surface area contributed by atoms with Crippen molar-refractivity contribution in [3.63, 3.8) is 0 Å². The highest BCUT2D eigenvalue weighted by Gasteiger charge is 2.07. The zero-order chi connectivity index (χ0) is 12.3. The highest BCUT2D eigenvalue weighted by molar-refractivity contribution is 6.16. The van der Waals surface area contributed by atoms with E-state index in [0.717, 1.165) is 29.4 Å². The van der Waals surface area contributed by atoms with Gasteiger partial charge in [0, 0.05) is 19.2 Å². The molecule has 0 bridgehead atoms. The topological polar surface area (TPSA) is 42.2 Å². The predicted octanol–water partition coefficient (Wildman–Crippen LogP) is 2.75. The van der Waals surface area contributed by atoms with E-state index in [2.05, 4.69) is 9.97 Å². The molecule has 0 aliphatic heterocycles. The van der Waals surface area contributed by atoms with E-state index >= 15 is 0 Å². The SMILES string of the molecule is Cc1occc1CN(C)c1cnc(CCl)cn1.